The Kier molecular flexibility index (Phi) is 6.03. The van der Waals surface area contributed by atoms with E-state index in [1.807, 2.05) is 25.1 Å². The van der Waals surface area contributed by atoms with Gasteiger partial charge in [0, 0.05) is 0 Å². The number of nitrogens with zero attached hydrogens (tertiary/aromatic N) is 1. The summed E-state index contributed by atoms with van der Waals surface area (Å²) < 4.78 is 0. The van der Waals surface area contributed by atoms with Crippen LogP contribution in [-0.2, 0) is 4.79 Å². The van der Waals surface area contributed by atoms with Crippen LogP contribution in [0.15, 0.2) is 18.2 Å². The zero-order valence-corrected chi connectivity index (χ0v) is 13.3. The summed E-state index contributed by atoms with van der Waals surface area (Å²) >= 11 is 6.13. The molecular formula is C16H24ClN3O. The van der Waals surface area contributed by atoms with Crippen LogP contribution >= 0.6 is 11.6 Å². The SMILES string of the molecule is Cc1ccc(NC(=O)CN2CCC(CCN)CC2)c(Cl)c1. The van der Waals surface area contributed by atoms with Gasteiger partial charge in [0.05, 0.1) is 17.3 Å². The van der Waals surface area contributed by atoms with Crippen molar-refractivity contribution in [3.05, 3.63) is 28.8 Å². The van der Waals surface area contributed by atoms with Crippen molar-refractivity contribution >= 4 is 23.2 Å². The lowest BCUT2D eigenvalue weighted by Gasteiger charge is -2.31. The van der Waals surface area contributed by atoms with E-state index in [0.717, 1.165) is 50.4 Å². The zero-order valence-electron chi connectivity index (χ0n) is 12.6. The van der Waals surface area contributed by atoms with Gasteiger partial charge in [-0.1, -0.05) is 17.7 Å². The fourth-order valence-electron chi connectivity index (χ4n) is 2.78. The second kappa shape index (κ2) is 7.78. The molecule has 1 heterocycles. The fraction of sp³-hybridized carbons (Fsp3) is 0.562. The lowest BCUT2D eigenvalue weighted by molar-refractivity contribution is -0.117. The van der Waals surface area contributed by atoms with Crippen LogP contribution in [0.1, 0.15) is 24.8 Å². The summed E-state index contributed by atoms with van der Waals surface area (Å²) in [6, 6.07) is 5.65. The maximum absolute atomic E-state index is 12.1. The van der Waals surface area contributed by atoms with Gasteiger partial charge in [-0.15, -0.1) is 0 Å². The first-order chi connectivity index (χ1) is 10.1. The molecule has 1 saturated heterocycles. The monoisotopic (exact) mass is 309 g/mol. The molecule has 0 aromatic heterocycles. The zero-order chi connectivity index (χ0) is 15.2. The van der Waals surface area contributed by atoms with Crippen LogP contribution in [0.2, 0.25) is 5.02 Å². The van der Waals surface area contributed by atoms with Gasteiger partial charge >= 0.3 is 0 Å². The van der Waals surface area contributed by atoms with E-state index in [1.54, 1.807) is 0 Å². The van der Waals surface area contributed by atoms with Crippen molar-refractivity contribution in [1.82, 2.24) is 4.90 Å². The number of hydrogen-bond acceptors (Lipinski definition) is 3. The lowest BCUT2D eigenvalue weighted by atomic mass is 9.94. The van der Waals surface area contributed by atoms with Crippen LogP contribution in [0, 0.1) is 12.8 Å². The number of aryl methyl sites for hydroxylation is 1. The predicted octanol–water partition coefficient (Wildman–Crippen LogP) is 2.65. The van der Waals surface area contributed by atoms with Gasteiger partial charge in [0.1, 0.15) is 0 Å². The van der Waals surface area contributed by atoms with Gasteiger partial charge in [-0.05, 0) is 69.4 Å². The highest BCUT2D eigenvalue weighted by molar-refractivity contribution is 6.33. The highest BCUT2D eigenvalue weighted by Gasteiger charge is 2.20. The molecule has 1 aromatic rings. The largest absolute Gasteiger partial charge is 0.330 e. The van der Waals surface area contributed by atoms with Crippen molar-refractivity contribution in [1.29, 1.82) is 0 Å². The molecule has 1 aliphatic heterocycles. The minimum absolute atomic E-state index is 0.00183. The third-order valence-electron chi connectivity index (χ3n) is 4.05. The Morgan fingerprint density at radius 3 is 2.76 bits per heavy atom. The number of nitrogens with two attached hydrogens (primary N) is 1. The number of hydrogen-bond donors (Lipinski definition) is 2. The Bertz CT molecular complexity index is 484. The number of carbonyl (C=O) groups is 1. The van der Waals surface area contributed by atoms with Gasteiger partial charge in [-0.25, -0.2) is 0 Å². The lowest BCUT2D eigenvalue weighted by Crippen LogP contribution is -2.39. The summed E-state index contributed by atoms with van der Waals surface area (Å²) in [6.07, 6.45) is 3.37. The number of rotatable bonds is 5. The highest BCUT2D eigenvalue weighted by Crippen LogP contribution is 2.23. The van der Waals surface area contributed by atoms with E-state index in [1.165, 1.54) is 0 Å². The number of halogens is 1. The van der Waals surface area contributed by atoms with E-state index in [4.69, 9.17) is 17.3 Å². The molecule has 0 spiro atoms. The Hall–Kier alpha value is -1.10. The molecule has 0 aliphatic carbocycles. The number of amides is 1. The standard InChI is InChI=1S/C16H24ClN3O/c1-12-2-3-15(14(17)10-12)19-16(21)11-20-8-5-13(4-7-18)6-9-20/h2-3,10,13H,4-9,11,18H2,1H3,(H,19,21). The second-order valence-electron chi connectivity index (χ2n) is 5.83. The summed E-state index contributed by atoms with van der Waals surface area (Å²) in [5, 5.41) is 3.48. The fourth-order valence-corrected chi connectivity index (χ4v) is 3.07. The average molecular weight is 310 g/mol. The molecule has 1 amide bonds. The molecule has 0 saturated carbocycles. The van der Waals surface area contributed by atoms with Crippen LogP contribution in [-0.4, -0.2) is 37.0 Å². The number of likely N-dealkylation sites (tertiary alicyclic amines) is 1. The Morgan fingerprint density at radius 1 is 1.43 bits per heavy atom. The Morgan fingerprint density at radius 2 is 2.14 bits per heavy atom. The molecule has 0 atom stereocenters. The molecule has 4 nitrogen and oxygen atoms in total. The van der Waals surface area contributed by atoms with Gasteiger partial charge in [0.15, 0.2) is 0 Å². The first-order valence-electron chi connectivity index (χ1n) is 7.57. The van der Waals surface area contributed by atoms with E-state index in [9.17, 15) is 4.79 Å². The average Bonchev–Trinajstić information content (AvgIpc) is 2.44. The van der Waals surface area contributed by atoms with Gasteiger partial charge in [0.25, 0.3) is 0 Å². The van der Waals surface area contributed by atoms with Crippen molar-refractivity contribution in [2.24, 2.45) is 11.7 Å². The number of piperidine rings is 1. The molecule has 116 valence electrons. The summed E-state index contributed by atoms with van der Waals surface area (Å²) in [5.41, 5.74) is 7.36. The number of carbonyl (C=O) groups excluding carboxylic acids is 1. The molecule has 1 fully saturated rings. The van der Waals surface area contributed by atoms with Crippen LogP contribution in [0.5, 0.6) is 0 Å². The van der Waals surface area contributed by atoms with Crippen LogP contribution in [0.25, 0.3) is 0 Å². The van der Waals surface area contributed by atoms with Gasteiger partial charge in [0.2, 0.25) is 5.91 Å². The first-order valence-corrected chi connectivity index (χ1v) is 7.94. The highest BCUT2D eigenvalue weighted by atomic mass is 35.5. The molecule has 21 heavy (non-hydrogen) atoms. The molecule has 0 unspecified atom stereocenters. The molecule has 0 bridgehead atoms. The maximum atomic E-state index is 12.1. The summed E-state index contributed by atoms with van der Waals surface area (Å²) in [6.45, 7) is 5.11. The number of benzene rings is 1. The van der Waals surface area contributed by atoms with Crippen molar-refractivity contribution in [3.63, 3.8) is 0 Å². The van der Waals surface area contributed by atoms with Crippen molar-refractivity contribution < 1.29 is 4.79 Å². The molecule has 2 rings (SSSR count). The number of nitrogens with one attached hydrogen (secondary N) is 1. The first kappa shape index (κ1) is 16.3. The second-order valence-corrected chi connectivity index (χ2v) is 6.24. The van der Waals surface area contributed by atoms with Gasteiger partial charge < -0.3 is 11.1 Å². The third-order valence-corrected chi connectivity index (χ3v) is 4.36. The summed E-state index contributed by atoms with van der Waals surface area (Å²) in [7, 11) is 0. The minimum atomic E-state index is -0.00183. The topological polar surface area (TPSA) is 58.4 Å². The maximum Gasteiger partial charge on any atom is 0.238 e. The van der Waals surface area contributed by atoms with Crippen LogP contribution in [0.3, 0.4) is 0 Å². The van der Waals surface area contributed by atoms with Crippen molar-refractivity contribution in [2.45, 2.75) is 26.2 Å². The quantitative estimate of drug-likeness (QED) is 0.879. The third kappa shape index (κ3) is 4.99. The molecule has 0 radical (unpaired) electrons. The molecule has 3 N–H and O–H groups in total. The van der Waals surface area contributed by atoms with Crippen LogP contribution in [0.4, 0.5) is 5.69 Å². The van der Waals surface area contributed by atoms with Gasteiger partial charge in [-0.3, -0.25) is 9.69 Å². The molecule has 5 heteroatoms. The van der Waals surface area contributed by atoms with E-state index in [2.05, 4.69) is 10.2 Å². The van der Waals surface area contributed by atoms with E-state index >= 15 is 0 Å². The minimum Gasteiger partial charge on any atom is -0.330 e. The van der Waals surface area contributed by atoms with E-state index in [-0.39, 0.29) is 5.91 Å². The smallest absolute Gasteiger partial charge is 0.238 e. The van der Waals surface area contributed by atoms with E-state index < -0.39 is 0 Å². The van der Waals surface area contributed by atoms with Crippen molar-refractivity contribution in [3.8, 4) is 0 Å². The summed E-state index contributed by atoms with van der Waals surface area (Å²) in [5.74, 6) is 0.721. The normalized spacial score (nSPS) is 16.9. The number of anilines is 1. The van der Waals surface area contributed by atoms with Crippen molar-refractivity contribution in [2.75, 3.05) is 31.5 Å². The Labute approximate surface area is 131 Å². The van der Waals surface area contributed by atoms with Crippen LogP contribution < -0.4 is 11.1 Å². The van der Waals surface area contributed by atoms with E-state index in [0.29, 0.717) is 17.3 Å². The Balaban J connectivity index is 1.80. The van der Waals surface area contributed by atoms with Gasteiger partial charge in [-0.2, -0.15) is 0 Å². The predicted molar refractivity (Wildman–Crippen MR) is 87.7 cm³/mol. The molecule has 1 aliphatic rings. The molecule has 1 aromatic carbocycles. The molecular weight excluding hydrogens is 286 g/mol. The summed E-state index contributed by atoms with van der Waals surface area (Å²) in [4.78, 5) is 14.3.